The van der Waals surface area contributed by atoms with Gasteiger partial charge in [-0.2, -0.15) is 13.2 Å². The molecule has 1 N–H and O–H groups in total. The van der Waals surface area contributed by atoms with E-state index in [0.717, 1.165) is 17.2 Å². The van der Waals surface area contributed by atoms with Crippen molar-refractivity contribution in [2.75, 3.05) is 7.11 Å². The van der Waals surface area contributed by atoms with Gasteiger partial charge >= 0.3 is 12.1 Å². The zero-order chi connectivity index (χ0) is 20.7. The van der Waals surface area contributed by atoms with Gasteiger partial charge in [0, 0.05) is 6.54 Å². The first kappa shape index (κ1) is 19.7. The maximum absolute atomic E-state index is 12.8. The number of carbonyl (C=O) groups is 1. The van der Waals surface area contributed by atoms with E-state index in [-0.39, 0.29) is 0 Å². The van der Waals surface area contributed by atoms with Crippen LogP contribution in [-0.4, -0.2) is 34.4 Å². The molecule has 1 aliphatic rings. The zero-order valence-electron chi connectivity index (χ0n) is 15.4. The highest BCUT2D eigenvalue weighted by Gasteiger charge is 2.38. The highest BCUT2D eigenvalue weighted by molar-refractivity contribution is 5.92. The number of aromatic nitrogens is 1. The van der Waals surface area contributed by atoms with E-state index in [1.807, 2.05) is 19.9 Å². The molecule has 0 saturated carbocycles. The number of fused-ring (bicyclic) bond motifs is 1. The molecular formula is C19H18F3N3O3. The number of aromatic hydroxyl groups is 1. The summed E-state index contributed by atoms with van der Waals surface area (Å²) in [6.45, 7) is 4.09. The van der Waals surface area contributed by atoms with E-state index < -0.39 is 34.9 Å². The van der Waals surface area contributed by atoms with E-state index in [0.29, 0.717) is 18.2 Å². The molecule has 0 unspecified atom stereocenters. The van der Waals surface area contributed by atoms with Crippen LogP contribution in [0.25, 0.3) is 0 Å². The van der Waals surface area contributed by atoms with Crippen molar-refractivity contribution in [2.45, 2.75) is 32.1 Å². The first-order chi connectivity index (χ1) is 13.1. The van der Waals surface area contributed by atoms with Crippen LogP contribution in [0.4, 0.5) is 19.0 Å². The summed E-state index contributed by atoms with van der Waals surface area (Å²) in [5, 5.41) is 9.80. The van der Waals surface area contributed by atoms with Gasteiger partial charge in [-0.15, -0.1) is 0 Å². The van der Waals surface area contributed by atoms with Gasteiger partial charge in [0.1, 0.15) is 5.69 Å². The minimum Gasteiger partial charge on any atom is -0.504 e. The molecule has 0 amide bonds. The Kier molecular flexibility index (Phi) is 4.78. The lowest BCUT2D eigenvalue weighted by atomic mass is 9.92. The number of rotatable bonds is 3. The Bertz CT molecular complexity index is 955. The summed E-state index contributed by atoms with van der Waals surface area (Å²) in [6.07, 6.45) is -3.32. The lowest BCUT2D eigenvalue weighted by molar-refractivity contribution is -0.141. The Balaban J connectivity index is 1.95. The molecule has 0 aliphatic carbocycles. The predicted molar refractivity (Wildman–Crippen MR) is 95.4 cm³/mol. The average molecular weight is 393 g/mol. The molecule has 0 bridgehead atoms. The third kappa shape index (κ3) is 3.39. The number of aliphatic imine (C=N–C) groups is 1. The number of carbonyl (C=O) groups excluding carboxylic acids is 1. The predicted octanol–water partition coefficient (Wildman–Crippen LogP) is 4.00. The van der Waals surface area contributed by atoms with Crippen LogP contribution in [0.1, 0.15) is 41.0 Å². The van der Waals surface area contributed by atoms with Crippen LogP contribution < -0.4 is 0 Å². The van der Waals surface area contributed by atoms with Gasteiger partial charge < -0.3 is 14.7 Å². The normalized spacial score (nSPS) is 15.7. The monoisotopic (exact) mass is 393 g/mol. The van der Waals surface area contributed by atoms with Crippen LogP contribution in [0.5, 0.6) is 5.75 Å². The number of hydrogen-bond donors (Lipinski definition) is 1. The van der Waals surface area contributed by atoms with Crippen LogP contribution >= 0.6 is 0 Å². The van der Waals surface area contributed by atoms with Crippen molar-refractivity contribution in [3.63, 3.8) is 0 Å². The lowest BCUT2D eigenvalue weighted by Gasteiger charge is -2.30. The number of benzene rings is 1. The number of methoxy groups -OCH3 is 1. The highest BCUT2D eigenvalue weighted by atomic mass is 19.4. The summed E-state index contributed by atoms with van der Waals surface area (Å²) >= 11 is 0. The molecular weight excluding hydrogens is 375 g/mol. The molecule has 28 heavy (non-hydrogen) atoms. The van der Waals surface area contributed by atoms with Gasteiger partial charge in [-0.25, -0.2) is 14.8 Å². The van der Waals surface area contributed by atoms with Gasteiger partial charge in [-0.3, -0.25) is 0 Å². The van der Waals surface area contributed by atoms with Gasteiger partial charge in [0.2, 0.25) is 0 Å². The van der Waals surface area contributed by atoms with E-state index in [2.05, 4.69) is 9.98 Å². The number of hydrogen-bond acceptors (Lipinski definition) is 5. The molecule has 0 atom stereocenters. The molecule has 6 nitrogen and oxygen atoms in total. The van der Waals surface area contributed by atoms with Crippen molar-refractivity contribution in [3.05, 3.63) is 52.7 Å². The molecule has 1 aliphatic heterocycles. The SMILES string of the molecule is COC(=O)c1cccc2c1CN(/C=N/c1nc(C(F)(F)F)ccc1O)C2(C)C. The van der Waals surface area contributed by atoms with Crippen molar-refractivity contribution < 1.29 is 27.8 Å². The van der Waals surface area contributed by atoms with Crippen LogP contribution in [0, 0.1) is 0 Å². The summed E-state index contributed by atoms with van der Waals surface area (Å²) in [6, 6.07) is 6.86. The molecule has 3 rings (SSSR count). The number of nitrogens with zero attached hydrogens (tertiary/aromatic N) is 3. The minimum atomic E-state index is -4.64. The number of ether oxygens (including phenoxy) is 1. The molecule has 0 spiro atoms. The number of esters is 1. The fourth-order valence-corrected chi connectivity index (χ4v) is 3.16. The molecule has 1 aromatic carbocycles. The Morgan fingerprint density at radius 3 is 2.68 bits per heavy atom. The zero-order valence-corrected chi connectivity index (χ0v) is 15.4. The Labute approximate surface area is 159 Å². The van der Waals surface area contributed by atoms with E-state index in [4.69, 9.17) is 4.74 Å². The van der Waals surface area contributed by atoms with E-state index in [9.17, 15) is 23.1 Å². The molecule has 0 fully saturated rings. The fourth-order valence-electron chi connectivity index (χ4n) is 3.16. The molecule has 0 radical (unpaired) electrons. The standard InChI is InChI=1S/C19H18F3N3O3/c1-18(2)13-6-4-5-11(17(27)28-3)12(13)9-25(18)10-23-16-14(26)7-8-15(24-16)19(20,21)22/h4-8,10,26H,9H2,1-3H3/b23-10+. The average Bonchev–Trinajstić information content (AvgIpc) is 2.90. The third-order valence-corrected chi connectivity index (χ3v) is 4.75. The Morgan fingerprint density at radius 1 is 1.32 bits per heavy atom. The summed E-state index contributed by atoms with van der Waals surface area (Å²) in [4.78, 5) is 21.1. The van der Waals surface area contributed by atoms with Gasteiger partial charge in [0.15, 0.2) is 11.6 Å². The summed E-state index contributed by atoms with van der Waals surface area (Å²) in [5.41, 5.74) is 0.327. The van der Waals surface area contributed by atoms with Crippen LogP contribution in [0.2, 0.25) is 0 Å². The van der Waals surface area contributed by atoms with E-state index in [1.165, 1.54) is 13.4 Å². The highest BCUT2D eigenvalue weighted by Crippen LogP contribution is 2.40. The number of halogens is 3. The quantitative estimate of drug-likeness (QED) is 0.485. The van der Waals surface area contributed by atoms with Crippen LogP contribution in [0.15, 0.2) is 35.3 Å². The topological polar surface area (TPSA) is 75.0 Å². The van der Waals surface area contributed by atoms with Crippen molar-refractivity contribution in [1.82, 2.24) is 9.88 Å². The first-order valence-corrected chi connectivity index (χ1v) is 8.34. The van der Waals surface area contributed by atoms with Crippen LogP contribution in [0.3, 0.4) is 0 Å². The summed E-state index contributed by atoms with van der Waals surface area (Å²) in [5.74, 6) is -1.37. The largest absolute Gasteiger partial charge is 0.504 e. The van der Waals surface area contributed by atoms with Crippen molar-refractivity contribution in [2.24, 2.45) is 4.99 Å². The second-order valence-corrected chi connectivity index (χ2v) is 6.79. The second-order valence-electron chi connectivity index (χ2n) is 6.79. The molecule has 2 aromatic rings. The maximum atomic E-state index is 12.8. The Morgan fingerprint density at radius 2 is 2.04 bits per heavy atom. The van der Waals surface area contributed by atoms with Gasteiger partial charge in [0.05, 0.1) is 24.6 Å². The second kappa shape index (κ2) is 6.81. The molecule has 1 aromatic heterocycles. The van der Waals surface area contributed by atoms with Gasteiger partial charge in [-0.05, 0) is 43.2 Å². The Hall–Kier alpha value is -3.10. The maximum Gasteiger partial charge on any atom is 0.433 e. The molecule has 2 heterocycles. The lowest BCUT2D eigenvalue weighted by Crippen LogP contribution is -2.34. The first-order valence-electron chi connectivity index (χ1n) is 8.34. The van der Waals surface area contributed by atoms with E-state index >= 15 is 0 Å². The molecule has 0 saturated heterocycles. The third-order valence-electron chi connectivity index (χ3n) is 4.75. The van der Waals surface area contributed by atoms with Gasteiger partial charge in [-0.1, -0.05) is 12.1 Å². The smallest absolute Gasteiger partial charge is 0.433 e. The van der Waals surface area contributed by atoms with Crippen molar-refractivity contribution >= 4 is 18.1 Å². The minimum absolute atomic E-state index is 0.302. The summed E-state index contributed by atoms with van der Waals surface area (Å²) in [7, 11) is 1.29. The summed E-state index contributed by atoms with van der Waals surface area (Å²) < 4.78 is 43.4. The molecule has 148 valence electrons. The van der Waals surface area contributed by atoms with Crippen molar-refractivity contribution in [1.29, 1.82) is 0 Å². The molecule has 9 heteroatoms. The van der Waals surface area contributed by atoms with Gasteiger partial charge in [0.25, 0.3) is 0 Å². The number of alkyl halides is 3. The van der Waals surface area contributed by atoms with Crippen LogP contribution in [-0.2, 0) is 23.0 Å². The van der Waals surface area contributed by atoms with E-state index in [1.54, 1.807) is 17.0 Å². The number of pyridine rings is 1. The van der Waals surface area contributed by atoms with Crippen molar-refractivity contribution in [3.8, 4) is 5.75 Å². The fraction of sp³-hybridized carbons (Fsp3) is 0.316.